The second-order valence-corrected chi connectivity index (χ2v) is 7.31. The average Bonchev–Trinajstić information content (AvgIpc) is 2.97. The molecule has 6 heteroatoms. The van der Waals surface area contributed by atoms with Crippen LogP contribution in [0.5, 0.6) is 5.75 Å². The van der Waals surface area contributed by atoms with Crippen molar-refractivity contribution >= 4 is 17.3 Å². The van der Waals surface area contributed by atoms with Crippen molar-refractivity contribution < 1.29 is 4.74 Å². The Balaban J connectivity index is 1.80. The third-order valence-corrected chi connectivity index (χ3v) is 4.45. The molecule has 2 rings (SSSR count). The van der Waals surface area contributed by atoms with Crippen molar-refractivity contribution in [1.29, 1.82) is 0 Å². The van der Waals surface area contributed by atoms with Gasteiger partial charge < -0.3 is 15.0 Å². The lowest BCUT2D eigenvalue weighted by Crippen LogP contribution is -2.39. The number of ether oxygens (including phenoxy) is 1. The van der Waals surface area contributed by atoms with Gasteiger partial charge in [0.1, 0.15) is 5.75 Å². The topological polar surface area (TPSA) is 49.8 Å². The van der Waals surface area contributed by atoms with Gasteiger partial charge in [-0.15, -0.1) is 11.3 Å². The van der Waals surface area contributed by atoms with E-state index in [2.05, 4.69) is 37.7 Å². The zero-order valence-electron chi connectivity index (χ0n) is 15.7. The van der Waals surface area contributed by atoms with E-state index in [-0.39, 0.29) is 6.10 Å². The second-order valence-electron chi connectivity index (χ2n) is 6.25. The van der Waals surface area contributed by atoms with Crippen LogP contribution in [-0.2, 0) is 13.0 Å². The van der Waals surface area contributed by atoms with Crippen molar-refractivity contribution in [2.75, 3.05) is 20.6 Å². The summed E-state index contributed by atoms with van der Waals surface area (Å²) in [6.45, 7) is 7.68. The van der Waals surface area contributed by atoms with E-state index in [1.54, 1.807) is 11.3 Å². The molecule has 1 heterocycles. The van der Waals surface area contributed by atoms with Gasteiger partial charge in [0.15, 0.2) is 5.96 Å². The van der Waals surface area contributed by atoms with Crippen LogP contribution in [0.15, 0.2) is 34.6 Å². The highest BCUT2D eigenvalue weighted by atomic mass is 32.1. The minimum Gasteiger partial charge on any atom is -0.491 e. The van der Waals surface area contributed by atoms with Crippen molar-refractivity contribution in [3.8, 4) is 5.75 Å². The van der Waals surface area contributed by atoms with Crippen LogP contribution in [0.25, 0.3) is 0 Å². The first-order valence-electron chi connectivity index (χ1n) is 8.56. The summed E-state index contributed by atoms with van der Waals surface area (Å²) in [5.74, 6) is 1.80. The number of hydrogen-bond donors (Lipinski definition) is 1. The summed E-state index contributed by atoms with van der Waals surface area (Å²) in [6, 6.07) is 8.29. The summed E-state index contributed by atoms with van der Waals surface area (Å²) in [5, 5.41) is 6.60. The highest BCUT2D eigenvalue weighted by Gasteiger charge is 2.08. The quantitative estimate of drug-likeness (QED) is 0.607. The fraction of sp³-hybridized carbons (Fsp3) is 0.474. The van der Waals surface area contributed by atoms with Crippen LogP contribution < -0.4 is 10.1 Å². The van der Waals surface area contributed by atoms with Gasteiger partial charge in [-0.3, -0.25) is 4.99 Å². The molecule has 136 valence electrons. The van der Waals surface area contributed by atoms with Gasteiger partial charge in [-0.2, -0.15) is 0 Å². The molecule has 1 aromatic carbocycles. The van der Waals surface area contributed by atoms with E-state index in [0.29, 0.717) is 0 Å². The van der Waals surface area contributed by atoms with Crippen LogP contribution in [0.1, 0.15) is 30.1 Å². The first kappa shape index (κ1) is 19.2. The number of benzene rings is 1. The molecule has 0 aliphatic carbocycles. The lowest BCUT2D eigenvalue weighted by molar-refractivity contribution is 0.242. The highest BCUT2D eigenvalue weighted by Crippen LogP contribution is 2.14. The number of nitrogens with one attached hydrogen (secondary N) is 1. The minimum atomic E-state index is 0.202. The molecule has 5 nitrogen and oxygen atoms in total. The van der Waals surface area contributed by atoms with Gasteiger partial charge in [-0.05, 0) is 44.9 Å². The van der Waals surface area contributed by atoms with Crippen molar-refractivity contribution in [2.24, 2.45) is 4.99 Å². The molecule has 0 saturated carbocycles. The Labute approximate surface area is 154 Å². The lowest BCUT2D eigenvalue weighted by Gasteiger charge is -2.21. The van der Waals surface area contributed by atoms with E-state index in [9.17, 15) is 0 Å². The molecule has 1 N–H and O–H groups in total. The maximum absolute atomic E-state index is 5.67. The van der Waals surface area contributed by atoms with Crippen LogP contribution >= 0.6 is 11.3 Å². The third-order valence-electron chi connectivity index (χ3n) is 3.63. The van der Waals surface area contributed by atoms with Crippen molar-refractivity contribution in [3.63, 3.8) is 0 Å². The van der Waals surface area contributed by atoms with E-state index in [0.717, 1.165) is 41.9 Å². The fourth-order valence-corrected chi connectivity index (χ4v) is 3.11. The number of aromatic nitrogens is 1. The maximum Gasteiger partial charge on any atom is 0.193 e. The van der Waals surface area contributed by atoms with Crippen molar-refractivity contribution in [1.82, 2.24) is 15.2 Å². The Morgan fingerprint density at radius 3 is 2.60 bits per heavy atom. The van der Waals surface area contributed by atoms with E-state index in [1.165, 1.54) is 5.56 Å². The van der Waals surface area contributed by atoms with Gasteiger partial charge in [0.05, 0.1) is 23.4 Å². The summed E-state index contributed by atoms with van der Waals surface area (Å²) >= 11 is 1.68. The van der Waals surface area contributed by atoms with Crippen LogP contribution in [0.4, 0.5) is 0 Å². The predicted molar refractivity (Wildman–Crippen MR) is 106 cm³/mol. The summed E-state index contributed by atoms with van der Waals surface area (Å²) in [4.78, 5) is 11.0. The zero-order valence-corrected chi connectivity index (χ0v) is 16.6. The Kier molecular flexibility index (Phi) is 7.25. The molecule has 0 fully saturated rings. The van der Waals surface area contributed by atoms with Gasteiger partial charge >= 0.3 is 0 Å². The van der Waals surface area contributed by atoms with Gasteiger partial charge in [0, 0.05) is 26.0 Å². The normalized spacial score (nSPS) is 11.7. The molecular weight excluding hydrogens is 332 g/mol. The molecule has 0 unspecified atom stereocenters. The minimum absolute atomic E-state index is 0.202. The smallest absolute Gasteiger partial charge is 0.193 e. The number of hydrogen-bond acceptors (Lipinski definition) is 4. The van der Waals surface area contributed by atoms with Gasteiger partial charge in [-0.1, -0.05) is 12.1 Å². The Morgan fingerprint density at radius 2 is 2.04 bits per heavy atom. The second kappa shape index (κ2) is 9.42. The number of guanidine groups is 1. The van der Waals surface area contributed by atoms with Gasteiger partial charge in [0.25, 0.3) is 0 Å². The average molecular weight is 361 g/mol. The van der Waals surface area contributed by atoms with E-state index >= 15 is 0 Å². The molecule has 0 aliphatic heterocycles. The molecule has 0 spiro atoms. The molecular formula is C19H28N4OS. The van der Waals surface area contributed by atoms with Crippen LogP contribution in [0.2, 0.25) is 0 Å². The molecule has 0 amide bonds. The largest absolute Gasteiger partial charge is 0.491 e. The van der Waals surface area contributed by atoms with Crippen LogP contribution in [0.3, 0.4) is 0 Å². The molecule has 0 atom stereocenters. The first-order valence-corrected chi connectivity index (χ1v) is 9.44. The highest BCUT2D eigenvalue weighted by molar-refractivity contribution is 7.09. The predicted octanol–water partition coefficient (Wildman–Crippen LogP) is 3.49. The van der Waals surface area contributed by atoms with Crippen LogP contribution in [0, 0.1) is 6.92 Å². The molecule has 2 aromatic rings. The third kappa shape index (κ3) is 6.38. The Hall–Kier alpha value is -2.08. The Bertz CT molecular complexity index is 679. The summed E-state index contributed by atoms with van der Waals surface area (Å²) in [6.07, 6.45) is 1.14. The fourth-order valence-electron chi connectivity index (χ4n) is 2.51. The maximum atomic E-state index is 5.67. The number of aliphatic imine (C=N–C) groups is 1. The van der Waals surface area contributed by atoms with Crippen molar-refractivity contribution in [2.45, 2.75) is 39.8 Å². The van der Waals surface area contributed by atoms with Crippen LogP contribution in [-0.4, -0.2) is 42.6 Å². The molecule has 1 aromatic heterocycles. The molecule has 0 radical (unpaired) electrons. The molecule has 25 heavy (non-hydrogen) atoms. The number of aryl methyl sites for hydroxylation is 1. The Morgan fingerprint density at radius 1 is 1.32 bits per heavy atom. The summed E-state index contributed by atoms with van der Waals surface area (Å²) in [5.41, 5.74) is 2.35. The molecule has 0 saturated heterocycles. The number of rotatable bonds is 7. The van der Waals surface area contributed by atoms with E-state index in [1.807, 2.05) is 47.0 Å². The number of thiazole rings is 1. The standard InChI is InChI=1S/C19H28N4OS/c1-14(2)24-18-8-6-16(7-9-18)10-11-21-19(20-4)23(5)12-17-13-25-15(3)22-17/h6-9,13-14H,10-12H2,1-5H3,(H,20,21). The van der Waals surface area contributed by atoms with Gasteiger partial charge in [0.2, 0.25) is 0 Å². The number of nitrogens with zero attached hydrogens (tertiary/aromatic N) is 3. The molecule has 0 bridgehead atoms. The summed E-state index contributed by atoms with van der Waals surface area (Å²) in [7, 11) is 3.84. The monoisotopic (exact) mass is 360 g/mol. The molecule has 0 aliphatic rings. The zero-order chi connectivity index (χ0) is 18.2. The first-order chi connectivity index (χ1) is 12.0. The van der Waals surface area contributed by atoms with Crippen molar-refractivity contribution in [3.05, 3.63) is 45.9 Å². The van der Waals surface area contributed by atoms with E-state index in [4.69, 9.17) is 4.74 Å². The summed E-state index contributed by atoms with van der Waals surface area (Å²) < 4.78 is 5.67. The SMILES string of the molecule is CN=C(NCCc1ccc(OC(C)C)cc1)N(C)Cc1csc(C)n1. The van der Waals surface area contributed by atoms with Gasteiger partial charge in [-0.25, -0.2) is 4.98 Å². The van der Waals surface area contributed by atoms with E-state index < -0.39 is 0 Å². The lowest BCUT2D eigenvalue weighted by atomic mass is 10.1.